The molecule has 0 bridgehead atoms. The van der Waals surface area contributed by atoms with E-state index in [0.717, 1.165) is 25.7 Å². The maximum Gasteiger partial charge on any atom is 0.201 e. The van der Waals surface area contributed by atoms with Crippen molar-refractivity contribution in [2.75, 3.05) is 0 Å². The molecule has 0 N–H and O–H groups in total. The number of hydrogen-bond donors (Lipinski definition) is 0. The van der Waals surface area contributed by atoms with E-state index in [1.807, 2.05) is 27.7 Å². The number of carbonyl (C=O) groups is 4. The maximum absolute atomic E-state index is 13.8. The van der Waals surface area contributed by atoms with Crippen molar-refractivity contribution in [2.45, 2.75) is 89.6 Å². The number of Topliss-reactive ketones (excluding diaryl/α,β-unsaturated/α-hetero) is 4. The number of thioether (sulfide) groups is 2. The van der Waals surface area contributed by atoms with Gasteiger partial charge in [0.15, 0.2) is 0 Å². The highest BCUT2D eigenvalue weighted by molar-refractivity contribution is 8.09. The molecule has 36 heavy (non-hydrogen) atoms. The van der Waals surface area contributed by atoms with Crippen molar-refractivity contribution in [2.24, 2.45) is 23.7 Å². The van der Waals surface area contributed by atoms with Crippen LogP contribution in [-0.4, -0.2) is 32.6 Å². The molecule has 1 aromatic rings. The zero-order valence-electron chi connectivity index (χ0n) is 22.3. The molecule has 0 saturated heterocycles. The Morgan fingerprint density at radius 1 is 0.639 bits per heavy atom. The quantitative estimate of drug-likeness (QED) is 0.387. The Bertz CT molecular complexity index is 1040. The topological polar surface area (TPSA) is 68.3 Å². The lowest BCUT2D eigenvalue weighted by Gasteiger charge is -2.40. The van der Waals surface area contributed by atoms with E-state index < -0.39 is 9.49 Å². The van der Waals surface area contributed by atoms with Gasteiger partial charge in [0.1, 0.15) is 11.6 Å². The highest BCUT2D eigenvalue weighted by atomic mass is 32.2. The Kier molecular flexibility index (Phi) is 7.79. The molecule has 2 fully saturated rings. The van der Waals surface area contributed by atoms with Crippen molar-refractivity contribution < 1.29 is 19.2 Å². The van der Waals surface area contributed by atoms with E-state index in [0.29, 0.717) is 45.6 Å². The summed E-state index contributed by atoms with van der Waals surface area (Å²) in [6.45, 7) is 12.3. The van der Waals surface area contributed by atoms with Gasteiger partial charge in [0.25, 0.3) is 0 Å². The van der Waals surface area contributed by atoms with Crippen molar-refractivity contribution in [1.29, 1.82) is 0 Å². The normalized spacial score (nSPS) is 27.9. The largest absolute Gasteiger partial charge is 0.299 e. The third-order valence-electron chi connectivity index (χ3n) is 8.22. The van der Waals surface area contributed by atoms with Crippen LogP contribution in [0.4, 0.5) is 0 Å². The monoisotopic (exact) mass is 526 g/mol. The predicted molar refractivity (Wildman–Crippen MR) is 148 cm³/mol. The second-order valence-electron chi connectivity index (χ2n) is 12.1. The van der Waals surface area contributed by atoms with Crippen LogP contribution in [0.15, 0.2) is 34.1 Å². The van der Waals surface area contributed by atoms with E-state index in [4.69, 9.17) is 0 Å². The molecule has 1 aromatic carbocycles. The SMILES string of the molecule is CC1CCC(C(C)(C)SC2=C(SC(C)(C)C3CCC(C)CC3=O)C(=O)c3ccccc3C2=O)C(=O)C1. The van der Waals surface area contributed by atoms with Crippen molar-refractivity contribution in [3.63, 3.8) is 0 Å². The van der Waals surface area contributed by atoms with Gasteiger partial charge >= 0.3 is 0 Å². The minimum Gasteiger partial charge on any atom is -0.299 e. The average Bonchev–Trinajstić information content (AvgIpc) is 2.79. The number of hydrogen-bond acceptors (Lipinski definition) is 6. The molecule has 2 saturated carbocycles. The summed E-state index contributed by atoms with van der Waals surface area (Å²) in [6.07, 6.45) is 4.72. The van der Waals surface area contributed by atoms with Gasteiger partial charge in [0, 0.05) is 45.3 Å². The number of fused-ring (bicyclic) bond motifs is 1. The summed E-state index contributed by atoms with van der Waals surface area (Å²) in [5.74, 6) is 0.654. The fourth-order valence-corrected chi connectivity index (χ4v) is 8.92. The van der Waals surface area contributed by atoms with Crippen molar-refractivity contribution >= 4 is 46.7 Å². The Balaban J connectivity index is 1.73. The first kappa shape index (κ1) is 27.4. The van der Waals surface area contributed by atoms with E-state index in [-0.39, 0.29) is 35.0 Å². The zero-order chi connectivity index (χ0) is 26.4. The number of carbonyl (C=O) groups excluding carboxylic acids is 4. The van der Waals surface area contributed by atoms with Crippen LogP contribution < -0.4 is 0 Å². The minimum absolute atomic E-state index is 0.151. The van der Waals surface area contributed by atoms with E-state index in [9.17, 15) is 19.2 Å². The van der Waals surface area contributed by atoms with Crippen LogP contribution in [0.5, 0.6) is 0 Å². The lowest BCUT2D eigenvalue weighted by Crippen LogP contribution is -2.40. The van der Waals surface area contributed by atoms with Gasteiger partial charge in [-0.05, 0) is 65.2 Å². The Morgan fingerprint density at radius 3 is 1.33 bits per heavy atom. The number of rotatable bonds is 6. The summed E-state index contributed by atoms with van der Waals surface area (Å²) >= 11 is 2.78. The Hall–Kier alpha value is -1.66. The van der Waals surface area contributed by atoms with Crippen molar-refractivity contribution in [1.82, 2.24) is 0 Å². The Labute approximate surface area is 223 Å². The van der Waals surface area contributed by atoms with Crippen LogP contribution in [0.2, 0.25) is 0 Å². The number of benzene rings is 1. The molecule has 0 spiro atoms. The van der Waals surface area contributed by atoms with Gasteiger partial charge in [0.2, 0.25) is 11.6 Å². The molecule has 194 valence electrons. The molecule has 0 radical (unpaired) electrons. The third kappa shape index (κ3) is 5.31. The van der Waals surface area contributed by atoms with Gasteiger partial charge in [-0.1, -0.05) is 38.1 Å². The molecule has 4 nitrogen and oxygen atoms in total. The second-order valence-corrected chi connectivity index (χ2v) is 15.4. The first-order valence-corrected chi connectivity index (χ1v) is 14.8. The summed E-state index contributed by atoms with van der Waals surface area (Å²) < 4.78 is -1.05. The molecule has 3 aliphatic rings. The van der Waals surface area contributed by atoms with Crippen LogP contribution in [0.1, 0.15) is 101 Å². The molecule has 0 amide bonds. The minimum atomic E-state index is -0.527. The van der Waals surface area contributed by atoms with Crippen LogP contribution in [0.25, 0.3) is 0 Å². The summed E-state index contributed by atoms with van der Waals surface area (Å²) in [7, 11) is 0. The lowest BCUT2D eigenvalue weighted by molar-refractivity contribution is -0.127. The molecule has 0 aliphatic heterocycles. The molecule has 0 heterocycles. The Morgan fingerprint density at radius 2 is 1.00 bits per heavy atom. The standard InChI is InChI=1S/C30H38O4S2/c1-17-11-13-21(23(31)15-17)29(3,4)35-27-25(33)19-9-7-8-10-20(19)26(34)28(27)36-30(5,6)22-14-12-18(2)16-24(22)32/h7-10,17-18,21-22H,11-16H2,1-6H3. The zero-order valence-corrected chi connectivity index (χ0v) is 23.9. The molecule has 4 rings (SSSR count). The van der Waals surface area contributed by atoms with Gasteiger partial charge in [-0.25, -0.2) is 0 Å². The summed E-state index contributed by atoms with van der Waals surface area (Å²) in [6, 6.07) is 7.01. The molecule has 3 aliphatic carbocycles. The molecule has 6 heteroatoms. The van der Waals surface area contributed by atoms with E-state index in [2.05, 4.69) is 13.8 Å². The highest BCUT2D eigenvalue weighted by Crippen LogP contribution is 2.52. The second kappa shape index (κ2) is 10.2. The lowest BCUT2D eigenvalue weighted by atomic mass is 9.76. The van der Waals surface area contributed by atoms with Crippen molar-refractivity contribution in [3.8, 4) is 0 Å². The van der Waals surface area contributed by atoms with Crippen LogP contribution in [-0.2, 0) is 9.59 Å². The third-order valence-corrected chi connectivity index (χ3v) is 11.2. The van der Waals surface area contributed by atoms with E-state index >= 15 is 0 Å². The molecule has 0 aromatic heterocycles. The predicted octanol–water partition coefficient (Wildman–Crippen LogP) is 7.31. The fourth-order valence-electron chi connectivity index (χ4n) is 6.05. The first-order chi connectivity index (χ1) is 16.8. The average molecular weight is 527 g/mol. The van der Waals surface area contributed by atoms with Crippen LogP contribution >= 0.6 is 23.5 Å². The van der Waals surface area contributed by atoms with E-state index in [1.165, 1.54) is 23.5 Å². The van der Waals surface area contributed by atoms with Gasteiger partial charge in [-0.2, -0.15) is 0 Å². The van der Waals surface area contributed by atoms with Crippen LogP contribution in [0.3, 0.4) is 0 Å². The van der Waals surface area contributed by atoms with Gasteiger partial charge in [-0.15, -0.1) is 23.5 Å². The summed E-state index contributed by atoms with van der Waals surface area (Å²) in [5, 5.41) is 0. The number of allylic oxidation sites excluding steroid dienone is 2. The highest BCUT2D eigenvalue weighted by Gasteiger charge is 2.46. The van der Waals surface area contributed by atoms with Gasteiger partial charge in [0.05, 0.1) is 9.81 Å². The van der Waals surface area contributed by atoms with Gasteiger partial charge in [-0.3, -0.25) is 19.2 Å². The molecule has 4 unspecified atom stereocenters. The molecular weight excluding hydrogens is 488 g/mol. The van der Waals surface area contributed by atoms with Gasteiger partial charge < -0.3 is 0 Å². The first-order valence-electron chi connectivity index (χ1n) is 13.2. The smallest absolute Gasteiger partial charge is 0.201 e. The maximum atomic E-state index is 13.8. The molecule has 4 atom stereocenters. The summed E-state index contributed by atoms with van der Waals surface area (Å²) in [4.78, 5) is 54.5. The number of ketones is 4. The fraction of sp³-hybridized carbons (Fsp3) is 0.600. The van der Waals surface area contributed by atoms with Crippen molar-refractivity contribution in [3.05, 3.63) is 45.2 Å². The van der Waals surface area contributed by atoms with Crippen LogP contribution in [0, 0.1) is 23.7 Å². The van der Waals surface area contributed by atoms with E-state index in [1.54, 1.807) is 24.3 Å². The summed E-state index contributed by atoms with van der Waals surface area (Å²) in [5.41, 5.74) is 0.850. The molecular formula is C30H38O4S2.